The second kappa shape index (κ2) is 4.53. The highest BCUT2D eigenvalue weighted by Gasteiger charge is 2.41. The smallest absolute Gasteiger partial charge is 0.410 e. The zero-order valence-corrected chi connectivity index (χ0v) is 9.05. The molecule has 1 atom stereocenters. The zero-order chi connectivity index (χ0) is 11.6. The highest BCUT2D eigenvalue weighted by atomic mass is 19.3. The van der Waals surface area contributed by atoms with Crippen LogP contribution in [0, 0.1) is 0 Å². The van der Waals surface area contributed by atoms with Crippen LogP contribution >= 0.6 is 0 Å². The number of rotatable bonds is 1. The van der Waals surface area contributed by atoms with Gasteiger partial charge in [-0.3, -0.25) is 0 Å². The molecule has 1 N–H and O–H groups in total. The molecular weight excluding hydrogens is 218 g/mol. The number of alkyl halides is 2. The summed E-state index contributed by atoms with van der Waals surface area (Å²) in [5.41, 5.74) is 0. The average Bonchev–Trinajstić information content (AvgIpc) is 2.60. The molecule has 6 heteroatoms. The van der Waals surface area contributed by atoms with Crippen LogP contribution in [0.1, 0.15) is 19.3 Å². The van der Waals surface area contributed by atoms with E-state index in [1.807, 2.05) is 0 Å². The number of likely N-dealkylation sites (tertiary alicyclic amines) is 1. The van der Waals surface area contributed by atoms with Crippen LogP contribution in [0.5, 0.6) is 0 Å². The fraction of sp³-hybridized carbons (Fsp3) is 0.900. The topological polar surface area (TPSA) is 41.6 Å². The number of carbonyl (C=O) groups excluding carboxylic acids is 1. The standard InChI is InChI=1S/C10H16F2N2O2/c11-10(12)3-5-14(7-10)9(15)16-8-2-1-4-13-6-8/h8,13H,1-7H2. The summed E-state index contributed by atoms with van der Waals surface area (Å²) in [6, 6.07) is 0. The minimum atomic E-state index is -2.75. The van der Waals surface area contributed by atoms with Crippen molar-refractivity contribution in [1.29, 1.82) is 0 Å². The van der Waals surface area contributed by atoms with Crippen molar-refractivity contribution < 1.29 is 18.3 Å². The van der Waals surface area contributed by atoms with Crippen molar-refractivity contribution >= 4 is 6.09 Å². The van der Waals surface area contributed by atoms with Gasteiger partial charge in [-0.05, 0) is 19.4 Å². The fourth-order valence-corrected chi connectivity index (χ4v) is 2.03. The third kappa shape index (κ3) is 2.81. The largest absolute Gasteiger partial charge is 0.445 e. The molecule has 2 aliphatic rings. The van der Waals surface area contributed by atoms with E-state index >= 15 is 0 Å². The molecule has 92 valence electrons. The number of amides is 1. The van der Waals surface area contributed by atoms with Gasteiger partial charge in [-0.1, -0.05) is 0 Å². The SMILES string of the molecule is O=C(OC1CCCNC1)N1CCC(F)(F)C1. The Kier molecular flexibility index (Phi) is 3.28. The molecule has 0 aromatic heterocycles. The Bertz CT molecular complexity index is 268. The van der Waals surface area contributed by atoms with Crippen molar-refractivity contribution in [2.75, 3.05) is 26.2 Å². The number of hydrogen-bond acceptors (Lipinski definition) is 3. The molecule has 0 aliphatic carbocycles. The molecule has 1 amide bonds. The van der Waals surface area contributed by atoms with Crippen molar-refractivity contribution in [2.24, 2.45) is 0 Å². The van der Waals surface area contributed by atoms with Gasteiger partial charge in [0.2, 0.25) is 0 Å². The molecule has 2 saturated heterocycles. The lowest BCUT2D eigenvalue weighted by atomic mass is 10.1. The molecule has 0 bridgehead atoms. The third-order valence-electron chi connectivity index (χ3n) is 2.95. The van der Waals surface area contributed by atoms with Gasteiger partial charge in [0.1, 0.15) is 6.10 Å². The summed E-state index contributed by atoms with van der Waals surface area (Å²) < 4.78 is 30.9. The lowest BCUT2D eigenvalue weighted by Crippen LogP contribution is -2.40. The van der Waals surface area contributed by atoms with Crippen LogP contribution in [-0.2, 0) is 4.74 Å². The summed E-state index contributed by atoms with van der Waals surface area (Å²) in [4.78, 5) is 12.6. The number of hydrogen-bond donors (Lipinski definition) is 1. The maximum Gasteiger partial charge on any atom is 0.410 e. The Morgan fingerprint density at radius 1 is 1.50 bits per heavy atom. The summed E-state index contributed by atoms with van der Waals surface area (Å²) in [5.74, 6) is -2.75. The van der Waals surface area contributed by atoms with E-state index in [4.69, 9.17) is 4.74 Å². The molecule has 4 nitrogen and oxygen atoms in total. The Labute approximate surface area is 92.9 Å². The van der Waals surface area contributed by atoms with Crippen molar-refractivity contribution in [3.05, 3.63) is 0 Å². The molecular formula is C10H16F2N2O2. The Hall–Kier alpha value is -0.910. The lowest BCUT2D eigenvalue weighted by molar-refractivity contribution is 0.00546. The van der Waals surface area contributed by atoms with Crippen LogP contribution in [0.15, 0.2) is 0 Å². The van der Waals surface area contributed by atoms with Gasteiger partial charge < -0.3 is 15.0 Å². The van der Waals surface area contributed by atoms with E-state index in [0.29, 0.717) is 6.54 Å². The first kappa shape index (κ1) is 11.6. The maximum absolute atomic E-state index is 12.9. The lowest BCUT2D eigenvalue weighted by Gasteiger charge is -2.25. The first-order valence-electron chi connectivity index (χ1n) is 5.61. The van der Waals surface area contributed by atoms with E-state index in [0.717, 1.165) is 24.3 Å². The normalized spacial score (nSPS) is 29.1. The predicted octanol–water partition coefficient (Wildman–Crippen LogP) is 1.22. The number of carbonyl (C=O) groups is 1. The predicted molar refractivity (Wildman–Crippen MR) is 53.5 cm³/mol. The molecule has 16 heavy (non-hydrogen) atoms. The highest BCUT2D eigenvalue weighted by molar-refractivity contribution is 5.68. The summed E-state index contributed by atoms with van der Waals surface area (Å²) in [5, 5.41) is 3.10. The van der Waals surface area contributed by atoms with Crippen molar-refractivity contribution in [1.82, 2.24) is 10.2 Å². The van der Waals surface area contributed by atoms with Gasteiger partial charge in [0, 0.05) is 19.5 Å². The van der Waals surface area contributed by atoms with E-state index in [1.165, 1.54) is 0 Å². The van der Waals surface area contributed by atoms with Crippen molar-refractivity contribution in [3.8, 4) is 0 Å². The average molecular weight is 234 g/mol. The highest BCUT2D eigenvalue weighted by Crippen LogP contribution is 2.27. The number of ether oxygens (including phenoxy) is 1. The van der Waals surface area contributed by atoms with E-state index in [-0.39, 0.29) is 19.1 Å². The van der Waals surface area contributed by atoms with Crippen LogP contribution in [0.25, 0.3) is 0 Å². The molecule has 1 unspecified atom stereocenters. The zero-order valence-electron chi connectivity index (χ0n) is 9.05. The van der Waals surface area contributed by atoms with E-state index < -0.39 is 18.6 Å². The second-order valence-corrected chi connectivity index (χ2v) is 4.38. The Balaban J connectivity index is 1.79. The van der Waals surface area contributed by atoms with Crippen LogP contribution < -0.4 is 5.32 Å². The van der Waals surface area contributed by atoms with Gasteiger partial charge in [0.05, 0.1) is 6.54 Å². The molecule has 2 rings (SSSR count). The van der Waals surface area contributed by atoms with Gasteiger partial charge >= 0.3 is 6.09 Å². The summed E-state index contributed by atoms with van der Waals surface area (Å²) in [6.07, 6.45) is 0.726. The fourth-order valence-electron chi connectivity index (χ4n) is 2.03. The molecule has 0 saturated carbocycles. The van der Waals surface area contributed by atoms with Gasteiger partial charge in [-0.25, -0.2) is 13.6 Å². The minimum Gasteiger partial charge on any atom is -0.445 e. The Morgan fingerprint density at radius 3 is 2.88 bits per heavy atom. The van der Waals surface area contributed by atoms with Crippen molar-refractivity contribution in [2.45, 2.75) is 31.3 Å². The van der Waals surface area contributed by atoms with Gasteiger partial charge in [0.15, 0.2) is 0 Å². The number of halogens is 2. The maximum atomic E-state index is 12.9. The van der Waals surface area contributed by atoms with E-state index in [2.05, 4.69) is 5.32 Å². The summed E-state index contributed by atoms with van der Waals surface area (Å²) >= 11 is 0. The molecule has 0 aromatic rings. The van der Waals surface area contributed by atoms with E-state index in [9.17, 15) is 13.6 Å². The van der Waals surface area contributed by atoms with Gasteiger partial charge in [-0.2, -0.15) is 0 Å². The quantitative estimate of drug-likeness (QED) is 0.741. The van der Waals surface area contributed by atoms with Crippen LogP contribution in [0.2, 0.25) is 0 Å². The van der Waals surface area contributed by atoms with Gasteiger partial charge in [-0.15, -0.1) is 0 Å². The van der Waals surface area contributed by atoms with Crippen molar-refractivity contribution in [3.63, 3.8) is 0 Å². The molecule has 2 heterocycles. The monoisotopic (exact) mass is 234 g/mol. The molecule has 0 aromatic carbocycles. The first-order valence-corrected chi connectivity index (χ1v) is 5.61. The van der Waals surface area contributed by atoms with Gasteiger partial charge in [0.25, 0.3) is 5.92 Å². The van der Waals surface area contributed by atoms with Crippen LogP contribution in [0.3, 0.4) is 0 Å². The summed E-state index contributed by atoms with van der Waals surface area (Å²) in [7, 11) is 0. The number of nitrogens with zero attached hydrogens (tertiary/aromatic N) is 1. The van der Waals surface area contributed by atoms with Crippen LogP contribution in [-0.4, -0.2) is 49.2 Å². The molecule has 2 aliphatic heterocycles. The summed E-state index contributed by atoms with van der Waals surface area (Å²) in [6.45, 7) is 1.13. The first-order chi connectivity index (χ1) is 7.57. The Morgan fingerprint density at radius 2 is 2.31 bits per heavy atom. The second-order valence-electron chi connectivity index (χ2n) is 4.38. The number of nitrogens with one attached hydrogen (secondary N) is 1. The molecule has 0 spiro atoms. The van der Waals surface area contributed by atoms with Crippen LogP contribution in [0.4, 0.5) is 13.6 Å². The number of piperidine rings is 1. The molecule has 2 fully saturated rings. The van der Waals surface area contributed by atoms with E-state index in [1.54, 1.807) is 0 Å². The minimum absolute atomic E-state index is 0.0893. The third-order valence-corrected chi connectivity index (χ3v) is 2.95. The molecule has 0 radical (unpaired) electrons.